The largest absolute Gasteiger partial charge is 0.361 e. The molecule has 0 unspecified atom stereocenters. The number of piperazine rings is 1. The Morgan fingerprint density at radius 2 is 1.83 bits per heavy atom. The van der Waals surface area contributed by atoms with Crippen molar-refractivity contribution >= 4 is 34.0 Å². The number of hydrogen-bond donors (Lipinski definition) is 2. The summed E-state index contributed by atoms with van der Waals surface area (Å²) in [5.41, 5.74) is 5.75. The second kappa shape index (κ2) is 8.99. The van der Waals surface area contributed by atoms with Gasteiger partial charge in [0, 0.05) is 31.9 Å². The minimum atomic E-state index is 0.515. The van der Waals surface area contributed by atoms with Crippen molar-refractivity contribution in [2.75, 3.05) is 42.9 Å². The molecule has 5 aromatic rings. The van der Waals surface area contributed by atoms with Gasteiger partial charge in [0.1, 0.15) is 12.2 Å². The number of rotatable bonds is 6. The maximum Gasteiger partial charge on any atom is 0.229 e. The number of aromatic nitrogens is 6. The standard InChI is InChI=1S/C26H29N9/c1-3-33-11-13-34(14-12-33)26-31-24(27-16-22-29-20-9-4-5-10-21(20)30-22)23-25(32-26)35(17-28-23)19-8-6-7-18(2)15-19/h4-10,15,17H,3,11-14,16H2,1-2H3,(H,29,30)(H,27,31,32). The number of nitrogens with one attached hydrogen (secondary N) is 2. The van der Waals surface area contributed by atoms with Crippen LogP contribution in [-0.4, -0.2) is 67.1 Å². The molecule has 3 aromatic heterocycles. The molecule has 4 heterocycles. The molecule has 0 aliphatic carbocycles. The second-order valence-corrected chi connectivity index (χ2v) is 8.97. The maximum atomic E-state index is 5.00. The monoisotopic (exact) mass is 467 g/mol. The summed E-state index contributed by atoms with van der Waals surface area (Å²) < 4.78 is 2.04. The van der Waals surface area contributed by atoms with Gasteiger partial charge in [0.05, 0.1) is 17.6 Å². The van der Waals surface area contributed by atoms with E-state index in [1.54, 1.807) is 0 Å². The Hall–Kier alpha value is -3.98. The molecule has 1 fully saturated rings. The maximum absolute atomic E-state index is 5.00. The molecule has 1 aliphatic heterocycles. The minimum Gasteiger partial charge on any atom is -0.361 e. The van der Waals surface area contributed by atoms with Crippen molar-refractivity contribution < 1.29 is 0 Å². The number of fused-ring (bicyclic) bond motifs is 2. The Balaban J connectivity index is 1.38. The number of likely N-dealkylation sites (N-methyl/N-ethyl adjacent to an activating group) is 1. The van der Waals surface area contributed by atoms with E-state index in [1.807, 2.05) is 35.2 Å². The average molecular weight is 468 g/mol. The second-order valence-electron chi connectivity index (χ2n) is 8.97. The molecule has 0 spiro atoms. The van der Waals surface area contributed by atoms with Crippen LogP contribution in [0, 0.1) is 6.92 Å². The van der Waals surface area contributed by atoms with Gasteiger partial charge in [-0.3, -0.25) is 4.57 Å². The Labute approximate surface area is 203 Å². The highest BCUT2D eigenvalue weighted by Crippen LogP contribution is 2.26. The van der Waals surface area contributed by atoms with E-state index in [-0.39, 0.29) is 0 Å². The van der Waals surface area contributed by atoms with Gasteiger partial charge in [-0.25, -0.2) is 9.97 Å². The summed E-state index contributed by atoms with van der Waals surface area (Å²) in [4.78, 5) is 27.4. The van der Waals surface area contributed by atoms with E-state index in [0.29, 0.717) is 6.54 Å². The van der Waals surface area contributed by atoms with Crippen molar-refractivity contribution in [1.29, 1.82) is 0 Å². The number of aromatic amines is 1. The van der Waals surface area contributed by atoms with Crippen LogP contribution in [0.15, 0.2) is 54.9 Å². The van der Waals surface area contributed by atoms with Crippen molar-refractivity contribution in [1.82, 2.24) is 34.4 Å². The smallest absolute Gasteiger partial charge is 0.229 e. The first kappa shape index (κ1) is 21.5. The number of aryl methyl sites for hydroxylation is 1. The van der Waals surface area contributed by atoms with Crippen LogP contribution < -0.4 is 10.2 Å². The molecule has 9 nitrogen and oxygen atoms in total. The molecule has 1 aliphatic rings. The van der Waals surface area contributed by atoms with Crippen molar-refractivity contribution in [2.24, 2.45) is 0 Å². The molecule has 0 saturated carbocycles. The fourth-order valence-corrected chi connectivity index (χ4v) is 4.64. The van der Waals surface area contributed by atoms with Crippen molar-refractivity contribution in [3.63, 3.8) is 0 Å². The number of hydrogen-bond acceptors (Lipinski definition) is 7. The molecule has 0 bridgehead atoms. The molecule has 2 N–H and O–H groups in total. The third-order valence-corrected chi connectivity index (χ3v) is 6.63. The Bertz CT molecular complexity index is 1440. The van der Waals surface area contributed by atoms with Gasteiger partial charge in [-0.15, -0.1) is 0 Å². The minimum absolute atomic E-state index is 0.515. The molecule has 35 heavy (non-hydrogen) atoms. The highest BCUT2D eigenvalue weighted by molar-refractivity contribution is 5.85. The molecule has 0 atom stereocenters. The summed E-state index contributed by atoms with van der Waals surface area (Å²) in [5, 5.41) is 3.48. The molecular weight excluding hydrogens is 438 g/mol. The number of imidazole rings is 2. The zero-order valence-corrected chi connectivity index (χ0v) is 20.1. The van der Waals surface area contributed by atoms with E-state index in [1.165, 1.54) is 5.56 Å². The molecule has 0 radical (unpaired) electrons. The summed E-state index contributed by atoms with van der Waals surface area (Å²) in [6.45, 7) is 9.71. The predicted octanol–water partition coefficient (Wildman–Crippen LogP) is 3.75. The first-order valence-corrected chi connectivity index (χ1v) is 12.1. The predicted molar refractivity (Wildman–Crippen MR) is 139 cm³/mol. The van der Waals surface area contributed by atoms with Crippen LogP contribution in [0.4, 0.5) is 11.8 Å². The number of anilines is 2. The van der Waals surface area contributed by atoms with Gasteiger partial charge in [-0.05, 0) is 43.3 Å². The van der Waals surface area contributed by atoms with Crippen LogP contribution >= 0.6 is 0 Å². The molecular formula is C26H29N9. The van der Waals surface area contributed by atoms with Crippen LogP contribution in [0.3, 0.4) is 0 Å². The third-order valence-electron chi connectivity index (χ3n) is 6.63. The Kier molecular flexibility index (Phi) is 5.54. The number of nitrogens with zero attached hydrogens (tertiary/aromatic N) is 7. The normalized spacial score (nSPS) is 14.7. The fraction of sp³-hybridized carbons (Fsp3) is 0.308. The van der Waals surface area contributed by atoms with Gasteiger partial charge in [0.2, 0.25) is 5.95 Å². The third kappa shape index (κ3) is 4.19. The van der Waals surface area contributed by atoms with E-state index in [2.05, 4.69) is 58.2 Å². The van der Waals surface area contributed by atoms with Gasteiger partial charge in [0.25, 0.3) is 0 Å². The van der Waals surface area contributed by atoms with Gasteiger partial charge < -0.3 is 20.1 Å². The molecule has 1 saturated heterocycles. The van der Waals surface area contributed by atoms with Gasteiger partial charge in [-0.2, -0.15) is 9.97 Å². The summed E-state index contributed by atoms with van der Waals surface area (Å²) in [7, 11) is 0. The van der Waals surface area contributed by atoms with Gasteiger partial charge in [-0.1, -0.05) is 31.2 Å². The number of benzene rings is 2. The van der Waals surface area contributed by atoms with E-state index < -0.39 is 0 Å². The van der Waals surface area contributed by atoms with E-state index in [0.717, 1.165) is 78.2 Å². The van der Waals surface area contributed by atoms with Crippen LogP contribution in [0.1, 0.15) is 18.3 Å². The lowest BCUT2D eigenvalue weighted by molar-refractivity contribution is 0.270. The van der Waals surface area contributed by atoms with Crippen LogP contribution in [-0.2, 0) is 6.54 Å². The lowest BCUT2D eigenvalue weighted by atomic mass is 10.2. The molecule has 9 heteroatoms. The fourth-order valence-electron chi connectivity index (χ4n) is 4.64. The molecule has 0 amide bonds. The first-order chi connectivity index (χ1) is 17.2. The summed E-state index contributed by atoms with van der Waals surface area (Å²) in [5.74, 6) is 2.30. The summed E-state index contributed by atoms with van der Waals surface area (Å²) in [6, 6.07) is 16.4. The molecule has 178 valence electrons. The molecule has 6 rings (SSSR count). The van der Waals surface area contributed by atoms with E-state index in [9.17, 15) is 0 Å². The summed E-state index contributed by atoms with van der Waals surface area (Å²) in [6.07, 6.45) is 1.83. The highest BCUT2D eigenvalue weighted by atomic mass is 15.3. The molecule has 2 aromatic carbocycles. The topological polar surface area (TPSA) is 90.8 Å². The van der Waals surface area contributed by atoms with Crippen molar-refractivity contribution in [2.45, 2.75) is 20.4 Å². The van der Waals surface area contributed by atoms with E-state index in [4.69, 9.17) is 19.9 Å². The van der Waals surface area contributed by atoms with Gasteiger partial charge in [0.15, 0.2) is 17.0 Å². The Morgan fingerprint density at radius 3 is 2.63 bits per heavy atom. The van der Waals surface area contributed by atoms with Gasteiger partial charge >= 0.3 is 0 Å². The lowest BCUT2D eigenvalue weighted by Crippen LogP contribution is -2.46. The van der Waals surface area contributed by atoms with E-state index >= 15 is 0 Å². The zero-order chi connectivity index (χ0) is 23.8. The highest BCUT2D eigenvalue weighted by Gasteiger charge is 2.22. The number of para-hydroxylation sites is 2. The zero-order valence-electron chi connectivity index (χ0n) is 20.1. The number of H-pyrrole nitrogens is 1. The Morgan fingerprint density at radius 1 is 0.971 bits per heavy atom. The first-order valence-electron chi connectivity index (χ1n) is 12.1. The SMILES string of the molecule is CCN1CCN(c2nc(NCc3nc4ccccc4[nH]3)c3ncn(-c4cccc(C)c4)c3n2)CC1. The van der Waals surface area contributed by atoms with Crippen LogP contribution in [0.2, 0.25) is 0 Å². The lowest BCUT2D eigenvalue weighted by Gasteiger charge is -2.34. The quantitative estimate of drug-likeness (QED) is 0.393. The van der Waals surface area contributed by atoms with Crippen LogP contribution in [0.5, 0.6) is 0 Å². The van der Waals surface area contributed by atoms with Crippen molar-refractivity contribution in [3.05, 3.63) is 66.2 Å². The summed E-state index contributed by atoms with van der Waals surface area (Å²) >= 11 is 0. The average Bonchev–Trinajstić information content (AvgIpc) is 3.51. The van der Waals surface area contributed by atoms with Crippen molar-refractivity contribution in [3.8, 4) is 5.69 Å². The van der Waals surface area contributed by atoms with Crippen LogP contribution in [0.25, 0.3) is 27.9 Å².